The first kappa shape index (κ1) is 33.6. The van der Waals surface area contributed by atoms with Crippen LogP contribution >= 0.6 is 0 Å². The maximum atomic E-state index is 13.3. The first-order chi connectivity index (χ1) is 24.0. The van der Waals surface area contributed by atoms with Crippen LogP contribution in [0.5, 0.6) is 11.5 Å². The smallest absolute Gasteiger partial charge is 0.266 e. The second-order valence-electron chi connectivity index (χ2n) is 11.7. The van der Waals surface area contributed by atoms with Gasteiger partial charge in [0.15, 0.2) is 6.61 Å². The number of aromatic nitrogens is 4. The van der Waals surface area contributed by atoms with Crippen molar-refractivity contribution in [3.8, 4) is 11.5 Å². The van der Waals surface area contributed by atoms with Gasteiger partial charge in [-0.1, -0.05) is 6.07 Å². The fourth-order valence-electron chi connectivity index (χ4n) is 6.03. The van der Waals surface area contributed by atoms with E-state index < -0.39 is 48.1 Å². The molecule has 1 unspecified atom stereocenters. The number of hydrogen-bond acceptors (Lipinski definition) is 11. The molecule has 0 spiro atoms. The molecule has 1 saturated heterocycles. The summed E-state index contributed by atoms with van der Waals surface area (Å²) in [5.41, 5.74) is 8.41. The second kappa shape index (κ2) is 13.7. The number of anilines is 2. The van der Waals surface area contributed by atoms with Crippen molar-refractivity contribution >= 4 is 58.1 Å². The van der Waals surface area contributed by atoms with E-state index in [0.29, 0.717) is 42.2 Å². The van der Waals surface area contributed by atoms with E-state index in [4.69, 9.17) is 20.2 Å². The number of ether oxygens (including phenoxy) is 2. The second-order valence-corrected chi connectivity index (χ2v) is 11.7. The van der Waals surface area contributed by atoms with Gasteiger partial charge in [0, 0.05) is 37.8 Å². The Hall–Kier alpha value is -6.26. The van der Waals surface area contributed by atoms with Gasteiger partial charge in [0.1, 0.15) is 23.1 Å². The summed E-state index contributed by atoms with van der Waals surface area (Å²) in [6.07, 6.45) is 2.33. The van der Waals surface area contributed by atoms with Crippen molar-refractivity contribution < 1.29 is 38.2 Å². The van der Waals surface area contributed by atoms with Crippen LogP contribution in [0.25, 0.3) is 11.0 Å². The van der Waals surface area contributed by atoms with Gasteiger partial charge in [0.2, 0.25) is 23.7 Å². The van der Waals surface area contributed by atoms with Crippen LogP contribution in [0.2, 0.25) is 0 Å². The molecule has 0 bridgehead atoms. The molecular formula is C33H35N9O8. The number of nitrogens with two attached hydrogens (primary N) is 1. The van der Waals surface area contributed by atoms with Gasteiger partial charge in [-0.3, -0.25) is 43.7 Å². The number of nitrogens with one attached hydrogen (secondary N) is 3. The Morgan fingerprint density at radius 1 is 1.12 bits per heavy atom. The third kappa shape index (κ3) is 6.31. The first-order valence-corrected chi connectivity index (χ1v) is 15.9. The van der Waals surface area contributed by atoms with Crippen molar-refractivity contribution in [2.45, 2.75) is 52.2 Å². The number of primary amides is 1. The zero-order chi connectivity index (χ0) is 35.7. The van der Waals surface area contributed by atoms with Crippen LogP contribution in [0.4, 0.5) is 11.6 Å². The van der Waals surface area contributed by atoms with E-state index >= 15 is 0 Å². The molecule has 6 amide bonds. The van der Waals surface area contributed by atoms with Gasteiger partial charge in [-0.15, -0.1) is 0 Å². The molecular weight excluding hydrogens is 650 g/mol. The highest BCUT2D eigenvalue weighted by molar-refractivity contribution is 6.24. The van der Waals surface area contributed by atoms with Gasteiger partial charge in [-0.25, -0.2) is 4.98 Å². The molecule has 17 nitrogen and oxygen atoms in total. The zero-order valence-corrected chi connectivity index (χ0v) is 27.6. The van der Waals surface area contributed by atoms with Crippen LogP contribution < -0.4 is 31.2 Å². The van der Waals surface area contributed by atoms with Gasteiger partial charge in [0.05, 0.1) is 35.1 Å². The van der Waals surface area contributed by atoms with Gasteiger partial charge >= 0.3 is 0 Å². The summed E-state index contributed by atoms with van der Waals surface area (Å²) in [6, 6.07) is 6.44. The molecule has 17 heteroatoms. The van der Waals surface area contributed by atoms with Crippen LogP contribution in [0, 0.1) is 6.92 Å². The van der Waals surface area contributed by atoms with E-state index in [1.165, 1.54) is 25.3 Å². The number of rotatable bonds is 13. The van der Waals surface area contributed by atoms with E-state index in [1.807, 2.05) is 24.6 Å². The SMILES string of the molecule is CCn1cc(Nc2nc3cc(C(N)=O)cc(OC)c3n2CCCNC(=O)COc2cccc3c2C(=O)N(C2CCC(=O)NC2=O)C3=O)c(C)n1. The van der Waals surface area contributed by atoms with Gasteiger partial charge in [-0.2, -0.15) is 5.10 Å². The van der Waals surface area contributed by atoms with Crippen molar-refractivity contribution in [1.82, 2.24) is 34.9 Å². The molecule has 1 atom stereocenters. The van der Waals surface area contributed by atoms with Crippen LogP contribution in [0.1, 0.15) is 63.0 Å². The van der Waals surface area contributed by atoms with Crippen molar-refractivity contribution in [3.05, 3.63) is 58.9 Å². The van der Waals surface area contributed by atoms with Crippen LogP contribution in [0.15, 0.2) is 36.5 Å². The summed E-state index contributed by atoms with van der Waals surface area (Å²) < 4.78 is 15.0. The maximum Gasteiger partial charge on any atom is 0.266 e. The standard InChI is InChI=1S/C33H35N9O8/c1-4-40-15-21(17(2)39-40)37-33-36-20-13-18(29(34)45)14-24(49-3)28(20)41(33)12-6-11-35-26(44)16-50-23-8-5-7-19-27(23)32(48)42(31(19)47)22-9-10-25(43)38-30(22)46/h5,7-8,13-15,22H,4,6,9-12,16H2,1-3H3,(H2,34,45)(H,35,44)(H,36,37)(H,38,43,46). The molecule has 1 fully saturated rings. The highest BCUT2D eigenvalue weighted by Crippen LogP contribution is 2.34. The maximum absolute atomic E-state index is 13.3. The highest BCUT2D eigenvalue weighted by Gasteiger charge is 2.46. The quantitative estimate of drug-likeness (QED) is 0.116. The fraction of sp³-hybridized carbons (Fsp3) is 0.333. The van der Waals surface area contributed by atoms with Gasteiger partial charge in [-0.05, 0) is 51.0 Å². The number of carbonyl (C=O) groups excluding carboxylic acids is 6. The summed E-state index contributed by atoms with van der Waals surface area (Å²) in [4.78, 5) is 80.7. The monoisotopic (exact) mass is 685 g/mol. The molecule has 4 aromatic rings. The van der Waals surface area contributed by atoms with Crippen LogP contribution in [-0.4, -0.2) is 86.0 Å². The third-order valence-electron chi connectivity index (χ3n) is 8.50. The number of nitrogens with zero attached hydrogens (tertiary/aromatic N) is 5. The van der Waals surface area contributed by atoms with E-state index in [-0.39, 0.29) is 41.8 Å². The summed E-state index contributed by atoms with van der Waals surface area (Å²) in [5, 5.41) is 12.8. The molecule has 0 aliphatic carbocycles. The van der Waals surface area contributed by atoms with E-state index in [0.717, 1.165) is 16.3 Å². The first-order valence-electron chi connectivity index (χ1n) is 15.9. The zero-order valence-electron chi connectivity index (χ0n) is 27.6. The molecule has 2 aromatic carbocycles. The Morgan fingerprint density at radius 2 is 1.92 bits per heavy atom. The largest absolute Gasteiger partial charge is 0.494 e. The molecule has 0 radical (unpaired) electrons. The molecule has 50 heavy (non-hydrogen) atoms. The minimum Gasteiger partial charge on any atom is -0.494 e. The van der Waals surface area contributed by atoms with Crippen molar-refractivity contribution in [1.29, 1.82) is 0 Å². The van der Waals surface area contributed by atoms with Crippen molar-refractivity contribution in [2.24, 2.45) is 5.73 Å². The van der Waals surface area contributed by atoms with Crippen molar-refractivity contribution in [3.63, 3.8) is 0 Å². The average Bonchev–Trinajstić information content (AvgIpc) is 3.72. The number of benzene rings is 2. The predicted molar refractivity (Wildman–Crippen MR) is 177 cm³/mol. The average molecular weight is 686 g/mol. The molecule has 2 aromatic heterocycles. The number of fused-ring (bicyclic) bond motifs is 2. The molecule has 0 saturated carbocycles. The Bertz CT molecular complexity index is 2070. The number of amides is 6. The molecule has 2 aliphatic heterocycles. The normalized spacial score (nSPS) is 15.7. The van der Waals surface area contributed by atoms with E-state index in [2.05, 4.69) is 21.0 Å². The van der Waals surface area contributed by atoms with Gasteiger partial charge in [0.25, 0.3) is 17.7 Å². The molecule has 6 rings (SSSR count). The van der Waals surface area contributed by atoms with Gasteiger partial charge < -0.3 is 30.4 Å². The number of piperidine rings is 1. The number of methoxy groups -OCH3 is 1. The molecule has 5 N–H and O–H groups in total. The van der Waals surface area contributed by atoms with Crippen molar-refractivity contribution in [2.75, 3.05) is 25.6 Å². The molecule has 2 aliphatic rings. The van der Waals surface area contributed by atoms with E-state index in [1.54, 1.807) is 16.8 Å². The lowest BCUT2D eigenvalue weighted by atomic mass is 10.0. The minimum absolute atomic E-state index is 0.00369. The topological polar surface area (TPSA) is 222 Å². The number of imidazole rings is 1. The van der Waals surface area contributed by atoms with Crippen LogP contribution in [0.3, 0.4) is 0 Å². The van der Waals surface area contributed by atoms with Crippen LogP contribution in [-0.2, 0) is 27.5 Å². The summed E-state index contributed by atoms with van der Waals surface area (Å²) in [6.45, 7) is 4.71. The lowest BCUT2D eigenvalue weighted by molar-refractivity contribution is -0.136. The van der Waals surface area contributed by atoms with E-state index in [9.17, 15) is 28.8 Å². The summed E-state index contributed by atoms with van der Waals surface area (Å²) in [7, 11) is 1.48. The number of aryl methyl sites for hydroxylation is 3. The number of carbonyl (C=O) groups is 6. The third-order valence-corrected chi connectivity index (χ3v) is 8.50. The minimum atomic E-state index is -1.12. The Balaban J connectivity index is 1.12. The Morgan fingerprint density at radius 3 is 2.62 bits per heavy atom. The fourth-order valence-corrected chi connectivity index (χ4v) is 6.03. The molecule has 4 heterocycles. The Kier molecular flexibility index (Phi) is 9.21. The lowest BCUT2D eigenvalue weighted by Gasteiger charge is -2.27. The highest BCUT2D eigenvalue weighted by atomic mass is 16.5. The Labute approximate surface area is 285 Å². The number of hydrogen-bond donors (Lipinski definition) is 4. The number of imide groups is 2. The summed E-state index contributed by atoms with van der Waals surface area (Å²) >= 11 is 0. The lowest BCUT2D eigenvalue weighted by Crippen LogP contribution is -2.54. The predicted octanol–water partition coefficient (Wildman–Crippen LogP) is 1.40. The molecule has 260 valence electrons. The summed E-state index contributed by atoms with van der Waals surface area (Å²) in [5.74, 6) is -2.80.